The van der Waals surface area contributed by atoms with Crippen LogP contribution in [0.4, 0.5) is 11.4 Å². The van der Waals surface area contributed by atoms with Gasteiger partial charge in [0.05, 0.1) is 23.6 Å². The van der Waals surface area contributed by atoms with Crippen LogP contribution in [0.5, 0.6) is 0 Å². The van der Waals surface area contributed by atoms with Gasteiger partial charge in [0.15, 0.2) is 0 Å². The fourth-order valence-corrected chi connectivity index (χ4v) is 1.63. The summed E-state index contributed by atoms with van der Waals surface area (Å²) in [6.07, 6.45) is 3.68. The smallest absolute Gasteiger partial charge is 0.0578 e. The maximum absolute atomic E-state index is 5.94. The lowest BCUT2D eigenvalue weighted by molar-refractivity contribution is 0.886. The molecule has 0 amide bonds. The molecular formula is C12H16N4. The van der Waals surface area contributed by atoms with Crippen LogP contribution in [-0.4, -0.2) is 10.2 Å². The minimum atomic E-state index is 0.184. The molecule has 4 N–H and O–H groups in total. The summed E-state index contributed by atoms with van der Waals surface area (Å²) in [6, 6.07) is 6.19. The van der Waals surface area contributed by atoms with E-state index in [9.17, 15) is 0 Å². The molecule has 0 fully saturated rings. The topological polar surface area (TPSA) is 66.7 Å². The number of aromatic amines is 1. The molecule has 1 heterocycles. The highest BCUT2D eigenvalue weighted by molar-refractivity contribution is 5.67. The molecule has 0 aliphatic heterocycles. The van der Waals surface area contributed by atoms with E-state index in [4.69, 9.17) is 5.73 Å². The Balaban J connectivity index is 2.15. The third-order valence-electron chi connectivity index (χ3n) is 2.60. The molecule has 0 spiro atoms. The van der Waals surface area contributed by atoms with Gasteiger partial charge in [0.1, 0.15) is 0 Å². The van der Waals surface area contributed by atoms with Gasteiger partial charge in [0.25, 0.3) is 0 Å². The number of hydrogen-bond donors (Lipinski definition) is 3. The summed E-state index contributed by atoms with van der Waals surface area (Å²) in [5.74, 6) is 0. The molecule has 4 heteroatoms. The van der Waals surface area contributed by atoms with Crippen LogP contribution in [0.15, 0.2) is 30.6 Å². The summed E-state index contributed by atoms with van der Waals surface area (Å²) < 4.78 is 0. The predicted molar refractivity (Wildman–Crippen MR) is 66.2 cm³/mol. The highest BCUT2D eigenvalue weighted by Crippen LogP contribution is 2.24. The van der Waals surface area contributed by atoms with Crippen LogP contribution < -0.4 is 11.1 Å². The highest BCUT2D eigenvalue weighted by Gasteiger charge is 2.07. The Hall–Kier alpha value is -1.97. The number of nitrogens with zero attached hydrogens (tertiary/aromatic N) is 1. The van der Waals surface area contributed by atoms with Crippen molar-refractivity contribution >= 4 is 11.4 Å². The van der Waals surface area contributed by atoms with Crippen LogP contribution in [0, 0.1) is 6.92 Å². The molecule has 1 unspecified atom stereocenters. The summed E-state index contributed by atoms with van der Waals surface area (Å²) in [7, 11) is 0. The maximum Gasteiger partial charge on any atom is 0.0578 e. The van der Waals surface area contributed by atoms with E-state index in [1.807, 2.05) is 37.5 Å². The molecule has 4 nitrogen and oxygen atoms in total. The standard InChI is InChI=1S/C12H16N4/c1-8-3-4-12(11(13)5-8)16-9(2)10-6-14-15-7-10/h3-7,9,16H,13H2,1-2H3,(H,14,15). The van der Waals surface area contributed by atoms with Crippen molar-refractivity contribution in [2.24, 2.45) is 0 Å². The molecule has 84 valence electrons. The van der Waals surface area contributed by atoms with Gasteiger partial charge in [-0.2, -0.15) is 5.10 Å². The third kappa shape index (κ3) is 2.16. The number of anilines is 2. The van der Waals surface area contributed by atoms with Gasteiger partial charge < -0.3 is 11.1 Å². The first-order chi connectivity index (χ1) is 7.66. The second-order valence-electron chi connectivity index (χ2n) is 3.99. The number of nitrogen functional groups attached to an aromatic ring is 1. The second kappa shape index (κ2) is 4.26. The molecule has 0 aliphatic rings. The number of nitrogens with two attached hydrogens (primary N) is 1. The van der Waals surface area contributed by atoms with Crippen molar-refractivity contribution in [2.45, 2.75) is 19.9 Å². The first kappa shape index (κ1) is 10.5. The van der Waals surface area contributed by atoms with Crippen molar-refractivity contribution in [2.75, 3.05) is 11.1 Å². The summed E-state index contributed by atoms with van der Waals surface area (Å²) in [4.78, 5) is 0. The predicted octanol–water partition coefficient (Wildman–Crippen LogP) is 2.47. The first-order valence-electron chi connectivity index (χ1n) is 5.28. The van der Waals surface area contributed by atoms with Gasteiger partial charge >= 0.3 is 0 Å². The van der Waals surface area contributed by atoms with Crippen LogP contribution in [-0.2, 0) is 0 Å². The Morgan fingerprint density at radius 1 is 1.44 bits per heavy atom. The van der Waals surface area contributed by atoms with Gasteiger partial charge in [0, 0.05) is 11.8 Å². The molecule has 2 rings (SSSR count). The minimum Gasteiger partial charge on any atom is -0.397 e. The molecule has 0 radical (unpaired) electrons. The Labute approximate surface area is 94.9 Å². The van der Waals surface area contributed by atoms with E-state index in [0.717, 1.165) is 16.9 Å². The number of aryl methyl sites for hydroxylation is 1. The monoisotopic (exact) mass is 216 g/mol. The summed E-state index contributed by atoms with van der Waals surface area (Å²) >= 11 is 0. The van der Waals surface area contributed by atoms with Gasteiger partial charge in [-0.1, -0.05) is 6.07 Å². The zero-order valence-corrected chi connectivity index (χ0v) is 9.49. The molecule has 1 atom stereocenters. The molecular weight excluding hydrogens is 200 g/mol. The van der Waals surface area contributed by atoms with Gasteiger partial charge in [0.2, 0.25) is 0 Å². The van der Waals surface area contributed by atoms with Gasteiger partial charge in [-0.05, 0) is 31.5 Å². The number of rotatable bonds is 3. The lowest BCUT2D eigenvalue weighted by Crippen LogP contribution is -2.07. The maximum atomic E-state index is 5.94. The lowest BCUT2D eigenvalue weighted by Gasteiger charge is -2.15. The fraction of sp³-hybridized carbons (Fsp3) is 0.250. The zero-order valence-electron chi connectivity index (χ0n) is 9.49. The van der Waals surface area contributed by atoms with E-state index in [1.165, 1.54) is 5.56 Å². The number of H-pyrrole nitrogens is 1. The number of aromatic nitrogens is 2. The second-order valence-corrected chi connectivity index (χ2v) is 3.99. The molecule has 0 saturated carbocycles. The minimum absolute atomic E-state index is 0.184. The van der Waals surface area contributed by atoms with E-state index >= 15 is 0 Å². The Morgan fingerprint density at radius 2 is 2.25 bits per heavy atom. The summed E-state index contributed by atoms with van der Waals surface area (Å²) in [6.45, 7) is 4.10. The zero-order chi connectivity index (χ0) is 11.5. The van der Waals surface area contributed by atoms with E-state index in [0.29, 0.717) is 0 Å². The van der Waals surface area contributed by atoms with E-state index in [2.05, 4.69) is 22.4 Å². The van der Waals surface area contributed by atoms with Crippen molar-refractivity contribution < 1.29 is 0 Å². The molecule has 0 bridgehead atoms. The number of nitrogens with one attached hydrogen (secondary N) is 2. The summed E-state index contributed by atoms with van der Waals surface area (Å²) in [5.41, 5.74) is 9.95. The lowest BCUT2D eigenvalue weighted by atomic mass is 10.1. The molecule has 2 aromatic rings. The van der Waals surface area contributed by atoms with E-state index in [-0.39, 0.29) is 6.04 Å². The van der Waals surface area contributed by atoms with Crippen LogP contribution >= 0.6 is 0 Å². The van der Waals surface area contributed by atoms with Crippen molar-refractivity contribution in [3.8, 4) is 0 Å². The largest absolute Gasteiger partial charge is 0.397 e. The number of hydrogen-bond acceptors (Lipinski definition) is 3. The first-order valence-corrected chi connectivity index (χ1v) is 5.28. The fourth-order valence-electron chi connectivity index (χ4n) is 1.63. The average Bonchev–Trinajstić information content (AvgIpc) is 2.75. The third-order valence-corrected chi connectivity index (χ3v) is 2.60. The Bertz CT molecular complexity index is 462. The highest BCUT2D eigenvalue weighted by atomic mass is 15.1. The van der Waals surface area contributed by atoms with Crippen LogP contribution in [0.1, 0.15) is 24.1 Å². The Morgan fingerprint density at radius 3 is 2.88 bits per heavy atom. The van der Waals surface area contributed by atoms with Crippen molar-refractivity contribution in [1.29, 1.82) is 0 Å². The van der Waals surface area contributed by atoms with Gasteiger partial charge in [-0.15, -0.1) is 0 Å². The molecule has 16 heavy (non-hydrogen) atoms. The normalized spacial score (nSPS) is 12.4. The molecule has 0 aliphatic carbocycles. The van der Waals surface area contributed by atoms with Crippen LogP contribution in [0.2, 0.25) is 0 Å². The average molecular weight is 216 g/mol. The SMILES string of the molecule is Cc1ccc(NC(C)c2cn[nH]c2)c(N)c1. The Kier molecular flexibility index (Phi) is 2.81. The number of benzene rings is 1. The van der Waals surface area contributed by atoms with Crippen molar-refractivity contribution in [3.05, 3.63) is 41.7 Å². The van der Waals surface area contributed by atoms with Crippen molar-refractivity contribution in [1.82, 2.24) is 10.2 Å². The quantitative estimate of drug-likeness (QED) is 0.690. The summed E-state index contributed by atoms with van der Waals surface area (Å²) in [5, 5.41) is 10.1. The van der Waals surface area contributed by atoms with E-state index < -0.39 is 0 Å². The van der Waals surface area contributed by atoms with Gasteiger partial charge in [-0.3, -0.25) is 5.10 Å². The van der Waals surface area contributed by atoms with Crippen LogP contribution in [0.25, 0.3) is 0 Å². The molecule has 0 saturated heterocycles. The van der Waals surface area contributed by atoms with E-state index in [1.54, 1.807) is 0 Å². The van der Waals surface area contributed by atoms with Crippen LogP contribution in [0.3, 0.4) is 0 Å². The van der Waals surface area contributed by atoms with Crippen molar-refractivity contribution in [3.63, 3.8) is 0 Å². The molecule has 1 aromatic carbocycles. The molecule has 1 aromatic heterocycles. The van der Waals surface area contributed by atoms with Gasteiger partial charge in [-0.25, -0.2) is 0 Å².